The molecular weight excluding hydrogens is 519 g/mol. The molecule has 0 saturated carbocycles. The maximum atomic E-state index is 12.1. The number of hydrogen-bond acceptors (Lipinski definition) is 5. The molecule has 0 spiro atoms. The number of carbonyl (C=O) groups excluding carboxylic acids is 1. The van der Waals surface area contributed by atoms with E-state index in [1.54, 1.807) is 24.2 Å². The quantitative estimate of drug-likeness (QED) is 0.244. The molecule has 0 unspecified atom stereocenters. The van der Waals surface area contributed by atoms with Crippen molar-refractivity contribution in [2.75, 3.05) is 52.9 Å². The van der Waals surface area contributed by atoms with Crippen molar-refractivity contribution >= 4 is 47.6 Å². The molecule has 0 atom stereocenters. The molecule has 1 fully saturated rings. The van der Waals surface area contributed by atoms with Crippen LogP contribution in [0.25, 0.3) is 0 Å². The van der Waals surface area contributed by atoms with Crippen molar-refractivity contribution in [3.63, 3.8) is 0 Å². The van der Waals surface area contributed by atoms with Gasteiger partial charge in [0.15, 0.2) is 5.96 Å². The summed E-state index contributed by atoms with van der Waals surface area (Å²) < 4.78 is 5.44. The van der Waals surface area contributed by atoms with Gasteiger partial charge in [0.1, 0.15) is 10.8 Å². The molecule has 1 saturated heterocycles. The molecule has 1 aliphatic rings. The van der Waals surface area contributed by atoms with Crippen molar-refractivity contribution in [2.45, 2.75) is 32.8 Å². The molecule has 1 aromatic heterocycles. The van der Waals surface area contributed by atoms with Gasteiger partial charge in [0.2, 0.25) is 0 Å². The molecule has 10 heteroatoms. The fourth-order valence-electron chi connectivity index (χ4n) is 2.91. The average molecular weight is 553 g/mol. The molecule has 1 aliphatic heterocycles. The topological polar surface area (TPSA) is 82.1 Å². The first-order chi connectivity index (χ1) is 13.8. The monoisotopic (exact) mass is 552 g/mol. The van der Waals surface area contributed by atoms with E-state index >= 15 is 0 Å². The number of rotatable bonds is 6. The number of aliphatic imine (C=N–C) groups is 1. The standard InChI is InChI=1S/C20H33ClN6O2.HI/c1-20(2,3)29-19(28)27-13-11-26(12-14-27)10-9-24-18(22-4)23-8-7-16-5-6-17(21)25-15-16;/h5-6,15H,7-14H2,1-4H3,(H2,22,23,24);1H. The third kappa shape index (κ3) is 10.1. The summed E-state index contributed by atoms with van der Waals surface area (Å²) in [6.45, 7) is 11.2. The molecule has 2 N–H and O–H groups in total. The van der Waals surface area contributed by atoms with Crippen LogP contribution in [0.15, 0.2) is 23.3 Å². The molecule has 1 aromatic rings. The Morgan fingerprint density at radius 3 is 2.43 bits per heavy atom. The largest absolute Gasteiger partial charge is 0.444 e. The molecule has 2 rings (SSSR count). The third-order valence-corrected chi connectivity index (χ3v) is 4.69. The van der Waals surface area contributed by atoms with Gasteiger partial charge in [0.05, 0.1) is 0 Å². The molecule has 2 heterocycles. The van der Waals surface area contributed by atoms with E-state index in [9.17, 15) is 4.79 Å². The summed E-state index contributed by atoms with van der Waals surface area (Å²) in [4.78, 5) is 24.6. The molecule has 1 amide bonds. The van der Waals surface area contributed by atoms with Crippen LogP contribution in [0.3, 0.4) is 0 Å². The van der Waals surface area contributed by atoms with Crippen LogP contribution in [-0.4, -0.2) is 85.3 Å². The lowest BCUT2D eigenvalue weighted by Gasteiger charge is -2.35. The zero-order valence-electron chi connectivity index (χ0n) is 18.3. The second-order valence-corrected chi connectivity index (χ2v) is 8.36. The Morgan fingerprint density at radius 2 is 1.87 bits per heavy atom. The Balaban J connectivity index is 0.00000450. The number of nitrogens with one attached hydrogen (secondary N) is 2. The number of hydrogen-bond donors (Lipinski definition) is 2. The number of halogens is 2. The van der Waals surface area contributed by atoms with Gasteiger partial charge in [-0.1, -0.05) is 17.7 Å². The van der Waals surface area contributed by atoms with E-state index in [1.165, 1.54) is 0 Å². The Hall–Kier alpha value is -1.33. The first-order valence-electron chi connectivity index (χ1n) is 10.0. The SMILES string of the molecule is CN=C(NCCc1ccc(Cl)nc1)NCCN1CCN(C(=O)OC(C)(C)C)CC1.I. The highest BCUT2D eigenvalue weighted by molar-refractivity contribution is 14.0. The van der Waals surface area contributed by atoms with Crippen LogP contribution in [0.2, 0.25) is 5.15 Å². The number of carbonyl (C=O) groups is 1. The Kier molecular flexibility index (Phi) is 11.7. The lowest BCUT2D eigenvalue weighted by molar-refractivity contribution is 0.0147. The lowest BCUT2D eigenvalue weighted by Crippen LogP contribution is -2.51. The second-order valence-electron chi connectivity index (χ2n) is 7.97. The van der Waals surface area contributed by atoms with Crippen LogP contribution in [0, 0.1) is 0 Å². The third-order valence-electron chi connectivity index (χ3n) is 4.46. The first-order valence-corrected chi connectivity index (χ1v) is 10.4. The van der Waals surface area contributed by atoms with E-state index in [-0.39, 0.29) is 30.1 Å². The zero-order chi connectivity index (χ0) is 21.3. The first kappa shape index (κ1) is 26.7. The Labute approximate surface area is 201 Å². The minimum atomic E-state index is -0.453. The predicted molar refractivity (Wildman–Crippen MR) is 132 cm³/mol. The van der Waals surface area contributed by atoms with Gasteiger partial charge in [0.25, 0.3) is 0 Å². The molecule has 8 nitrogen and oxygen atoms in total. The molecule has 30 heavy (non-hydrogen) atoms. The molecule has 0 bridgehead atoms. The highest BCUT2D eigenvalue weighted by atomic mass is 127. The Bertz CT molecular complexity index is 673. The fraction of sp³-hybridized carbons (Fsp3) is 0.650. The second kappa shape index (κ2) is 13.2. The Morgan fingerprint density at radius 1 is 1.20 bits per heavy atom. The summed E-state index contributed by atoms with van der Waals surface area (Å²) in [6.07, 6.45) is 2.41. The normalized spacial score (nSPS) is 15.4. The molecule has 0 aromatic carbocycles. The maximum absolute atomic E-state index is 12.1. The van der Waals surface area contributed by atoms with Gasteiger partial charge >= 0.3 is 6.09 Å². The summed E-state index contributed by atoms with van der Waals surface area (Å²) in [6, 6.07) is 3.77. The summed E-state index contributed by atoms with van der Waals surface area (Å²) >= 11 is 5.80. The van der Waals surface area contributed by atoms with Crippen molar-refractivity contribution in [2.24, 2.45) is 4.99 Å². The van der Waals surface area contributed by atoms with Crippen molar-refractivity contribution in [3.8, 4) is 0 Å². The number of pyridine rings is 1. The number of guanidine groups is 1. The van der Waals surface area contributed by atoms with E-state index in [4.69, 9.17) is 16.3 Å². The van der Waals surface area contributed by atoms with Crippen LogP contribution in [0.1, 0.15) is 26.3 Å². The van der Waals surface area contributed by atoms with Crippen molar-refractivity contribution in [1.29, 1.82) is 0 Å². The van der Waals surface area contributed by atoms with E-state index in [1.807, 2.05) is 26.8 Å². The molecule has 0 aliphatic carbocycles. The van der Waals surface area contributed by atoms with E-state index in [0.29, 0.717) is 18.2 Å². The van der Waals surface area contributed by atoms with Crippen LogP contribution >= 0.6 is 35.6 Å². The molecule has 170 valence electrons. The van der Waals surface area contributed by atoms with E-state index < -0.39 is 5.60 Å². The van der Waals surface area contributed by atoms with Gasteiger partial charge < -0.3 is 20.3 Å². The van der Waals surface area contributed by atoms with Crippen LogP contribution < -0.4 is 10.6 Å². The van der Waals surface area contributed by atoms with Gasteiger partial charge in [-0.3, -0.25) is 9.89 Å². The number of nitrogens with zero attached hydrogens (tertiary/aromatic N) is 4. The van der Waals surface area contributed by atoms with Gasteiger partial charge in [-0.2, -0.15) is 0 Å². The summed E-state index contributed by atoms with van der Waals surface area (Å²) in [5.74, 6) is 0.777. The summed E-state index contributed by atoms with van der Waals surface area (Å²) in [5, 5.41) is 7.14. The predicted octanol–water partition coefficient (Wildman–Crippen LogP) is 2.61. The van der Waals surface area contributed by atoms with Gasteiger partial charge in [0, 0.05) is 59.1 Å². The average Bonchev–Trinajstić information content (AvgIpc) is 2.67. The van der Waals surface area contributed by atoms with Gasteiger partial charge in [-0.15, -0.1) is 24.0 Å². The van der Waals surface area contributed by atoms with E-state index in [0.717, 1.165) is 50.7 Å². The fourth-order valence-corrected chi connectivity index (χ4v) is 3.02. The highest BCUT2D eigenvalue weighted by Gasteiger charge is 2.25. The number of piperazine rings is 1. The van der Waals surface area contributed by atoms with Crippen LogP contribution in [0.5, 0.6) is 0 Å². The number of ether oxygens (including phenoxy) is 1. The van der Waals surface area contributed by atoms with Crippen LogP contribution in [-0.2, 0) is 11.2 Å². The van der Waals surface area contributed by atoms with E-state index in [2.05, 4.69) is 25.5 Å². The summed E-state index contributed by atoms with van der Waals surface area (Å²) in [7, 11) is 1.76. The molecule has 0 radical (unpaired) electrons. The van der Waals surface area contributed by atoms with Crippen molar-refractivity contribution < 1.29 is 9.53 Å². The minimum Gasteiger partial charge on any atom is -0.444 e. The minimum absolute atomic E-state index is 0. The zero-order valence-corrected chi connectivity index (χ0v) is 21.4. The van der Waals surface area contributed by atoms with Gasteiger partial charge in [-0.25, -0.2) is 9.78 Å². The van der Waals surface area contributed by atoms with Crippen molar-refractivity contribution in [3.05, 3.63) is 29.0 Å². The smallest absolute Gasteiger partial charge is 0.410 e. The maximum Gasteiger partial charge on any atom is 0.410 e. The summed E-state index contributed by atoms with van der Waals surface area (Å²) in [5.41, 5.74) is 0.672. The number of aromatic nitrogens is 1. The van der Waals surface area contributed by atoms with Crippen LogP contribution in [0.4, 0.5) is 4.79 Å². The lowest BCUT2D eigenvalue weighted by atomic mass is 10.2. The molecular formula is C20H34ClIN6O2. The number of amides is 1. The van der Waals surface area contributed by atoms with Crippen molar-refractivity contribution in [1.82, 2.24) is 25.4 Å². The highest BCUT2D eigenvalue weighted by Crippen LogP contribution is 2.11. The van der Waals surface area contributed by atoms with Gasteiger partial charge in [-0.05, 0) is 38.8 Å².